The molecule has 4 heteroatoms. The van der Waals surface area contributed by atoms with E-state index in [-0.39, 0.29) is 12.6 Å². The number of aliphatic hydroxyl groups is 1. The first-order valence-electron chi connectivity index (χ1n) is 6.03. The van der Waals surface area contributed by atoms with Gasteiger partial charge in [0, 0.05) is 22.3 Å². The van der Waals surface area contributed by atoms with E-state index in [2.05, 4.69) is 24.1 Å². The molecule has 0 radical (unpaired) electrons. The molecule has 0 bridgehead atoms. The zero-order chi connectivity index (χ0) is 13.1. The summed E-state index contributed by atoms with van der Waals surface area (Å²) in [6.07, 6.45) is 1.75. The van der Waals surface area contributed by atoms with Crippen LogP contribution in [0.5, 0.6) is 0 Å². The molecule has 3 nitrogen and oxygen atoms in total. The van der Waals surface area contributed by atoms with E-state index in [4.69, 9.17) is 11.6 Å². The van der Waals surface area contributed by atoms with Crippen molar-refractivity contribution in [2.24, 2.45) is 5.92 Å². The van der Waals surface area contributed by atoms with Gasteiger partial charge in [-0.15, -0.1) is 0 Å². The number of halogens is 1. The highest BCUT2D eigenvalue weighted by Crippen LogP contribution is 2.25. The van der Waals surface area contributed by atoms with Gasteiger partial charge in [-0.2, -0.15) is 0 Å². The molecule has 0 amide bonds. The van der Waals surface area contributed by atoms with Crippen molar-refractivity contribution in [2.75, 3.05) is 11.9 Å². The third-order valence-electron chi connectivity index (χ3n) is 3.05. The lowest BCUT2D eigenvalue weighted by atomic mass is 10.0. The van der Waals surface area contributed by atoms with Crippen LogP contribution in [0.25, 0.3) is 10.9 Å². The van der Waals surface area contributed by atoms with Crippen LogP contribution >= 0.6 is 11.6 Å². The zero-order valence-electron chi connectivity index (χ0n) is 10.5. The number of nitrogens with zero attached hydrogens (tertiary/aromatic N) is 1. The molecular formula is C14H17ClN2O. The second kappa shape index (κ2) is 5.55. The quantitative estimate of drug-likeness (QED) is 0.891. The third kappa shape index (κ3) is 2.74. The summed E-state index contributed by atoms with van der Waals surface area (Å²) in [6.45, 7) is 4.26. The zero-order valence-corrected chi connectivity index (χ0v) is 11.3. The first kappa shape index (κ1) is 13.1. The second-order valence-corrected chi connectivity index (χ2v) is 5.13. The Bertz CT molecular complexity index is 542. The highest BCUT2D eigenvalue weighted by Gasteiger charge is 2.13. The summed E-state index contributed by atoms with van der Waals surface area (Å²) in [5.74, 6) is 0.352. The van der Waals surface area contributed by atoms with Gasteiger partial charge in [-0.1, -0.05) is 25.4 Å². The molecule has 2 aromatic rings. The summed E-state index contributed by atoms with van der Waals surface area (Å²) in [4.78, 5) is 4.29. The molecule has 1 atom stereocenters. The van der Waals surface area contributed by atoms with Crippen LogP contribution < -0.4 is 5.32 Å². The number of hydrogen-bond donors (Lipinski definition) is 2. The fourth-order valence-corrected chi connectivity index (χ4v) is 2.04. The van der Waals surface area contributed by atoms with Gasteiger partial charge in [-0.3, -0.25) is 4.98 Å². The maximum atomic E-state index is 9.37. The number of nitrogens with one attached hydrogen (secondary N) is 1. The van der Waals surface area contributed by atoms with Crippen molar-refractivity contribution >= 4 is 28.2 Å². The van der Waals surface area contributed by atoms with Crippen LogP contribution in [0.1, 0.15) is 13.8 Å². The first-order valence-corrected chi connectivity index (χ1v) is 6.41. The van der Waals surface area contributed by atoms with Crippen molar-refractivity contribution in [3.8, 4) is 0 Å². The predicted molar refractivity (Wildman–Crippen MR) is 76.1 cm³/mol. The van der Waals surface area contributed by atoms with Crippen LogP contribution in [0.15, 0.2) is 30.5 Å². The number of benzene rings is 1. The summed E-state index contributed by atoms with van der Waals surface area (Å²) >= 11 is 5.95. The lowest BCUT2D eigenvalue weighted by Crippen LogP contribution is -2.29. The number of rotatable bonds is 4. The summed E-state index contributed by atoms with van der Waals surface area (Å²) < 4.78 is 0. The minimum Gasteiger partial charge on any atom is -0.394 e. The average Bonchev–Trinajstić information content (AvgIpc) is 2.35. The maximum absolute atomic E-state index is 9.37. The first-order chi connectivity index (χ1) is 8.61. The molecule has 2 rings (SSSR count). The van der Waals surface area contributed by atoms with E-state index in [1.54, 1.807) is 6.20 Å². The van der Waals surface area contributed by atoms with Gasteiger partial charge in [0.25, 0.3) is 0 Å². The molecular weight excluding hydrogens is 248 g/mol. The van der Waals surface area contributed by atoms with Crippen molar-refractivity contribution < 1.29 is 5.11 Å². The molecule has 1 heterocycles. The molecule has 1 aromatic carbocycles. The molecule has 1 aromatic heterocycles. The normalized spacial score (nSPS) is 12.9. The second-order valence-electron chi connectivity index (χ2n) is 4.70. The number of anilines is 1. The van der Waals surface area contributed by atoms with E-state index in [1.807, 2.05) is 24.3 Å². The molecule has 0 saturated heterocycles. The van der Waals surface area contributed by atoms with Gasteiger partial charge in [0.05, 0.1) is 18.2 Å². The Kier molecular flexibility index (Phi) is 4.04. The molecule has 0 fully saturated rings. The Labute approximate surface area is 112 Å². The Morgan fingerprint density at radius 1 is 1.33 bits per heavy atom. The summed E-state index contributed by atoms with van der Waals surface area (Å²) in [5.41, 5.74) is 1.83. The van der Waals surface area contributed by atoms with Gasteiger partial charge < -0.3 is 10.4 Å². The van der Waals surface area contributed by atoms with Crippen LogP contribution in [0, 0.1) is 5.92 Å². The van der Waals surface area contributed by atoms with Gasteiger partial charge in [-0.25, -0.2) is 0 Å². The minimum atomic E-state index is 0.0336. The van der Waals surface area contributed by atoms with E-state index in [0.29, 0.717) is 10.9 Å². The van der Waals surface area contributed by atoms with Crippen molar-refractivity contribution in [1.82, 2.24) is 4.98 Å². The van der Waals surface area contributed by atoms with Crippen LogP contribution in [0.2, 0.25) is 5.02 Å². The Hall–Kier alpha value is -1.32. The average molecular weight is 265 g/mol. The van der Waals surface area contributed by atoms with E-state index in [0.717, 1.165) is 16.6 Å². The molecule has 0 spiro atoms. The van der Waals surface area contributed by atoms with E-state index in [9.17, 15) is 5.11 Å². The van der Waals surface area contributed by atoms with E-state index < -0.39 is 0 Å². The summed E-state index contributed by atoms with van der Waals surface area (Å²) in [7, 11) is 0. The smallest absolute Gasteiger partial charge is 0.0737 e. The molecule has 0 aliphatic heterocycles. The topological polar surface area (TPSA) is 45.1 Å². The third-order valence-corrected chi connectivity index (χ3v) is 3.28. The Morgan fingerprint density at radius 3 is 2.78 bits per heavy atom. The molecule has 0 aliphatic carbocycles. The maximum Gasteiger partial charge on any atom is 0.0737 e. The fraction of sp³-hybridized carbons (Fsp3) is 0.357. The van der Waals surface area contributed by atoms with Crippen molar-refractivity contribution in [3.63, 3.8) is 0 Å². The van der Waals surface area contributed by atoms with Crippen LogP contribution in [0.3, 0.4) is 0 Å². The highest BCUT2D eigenvalue weighted by atomic mass is 35.5. The number of fused-ring (bicyclic) bond motifs is 1. The van der Waals surface area contributed by atoms with E-state index >= 15 is 0 Å². The number of aromatic nitrogens is 1. The number of aliphatic hydroxyl groups excluding tert-OH is 1. The van der Waals surface area contributed by atoms with Gasteiger partial charge in [-0.05, 0) is 30.2 Å². The van der Waals surface area contributed by atoms with Gasteiger partial charge in [0.1, 0.15) is 0 Å². The van der Waals surface area contributed by atoms with Gasteiger partial charge >= 0.3 is 0 Å². The van der Waals surface area contributed by atoms with Crippen molar-refractivity contribution in [3.05, 3.63) is 35.5 Å². The van der Waals surface area contributed by atoms with Gasteiger partial charge in [0.2, 0.25) is 0 Å². The standard InChI is InChI=1S/C14H17ClN2O/c1-9(2)14(8-18)17-12-5-6-16-13-7-10(15)3-4-11(12)13/h3-7,9,14,18H,8H2,1-2H3,(H,16,17). The lowest BCUT2D eigenvalue weighted by Gasteiger charge is -2.22. The van der Waals surface area contributed by atoms with Gasteiger partial charge in [0.15, 0.2) is 0 Å². The molecule has 1 unspecified atom stereocenters. The minimum absolute atomic E-state index is 0.0336. The summed E-state index contributed by atoms with van der Waals surface area (Å²) in [5, 5.41) is 14.4. The Morgan fingerprint density at radius 2 is 2.11 bits per heavy atom. The predicted octanol–water partition coefficient (Wildman–Crippen LogP) is 3.32. The molecule has 2 N–H and O–H groups in total. The van der Waals surface area contributed by atoms with Crippen LogP contribution in [-0.2, 0) is 0 Å². The number of pyridine rings is 1. The summed E-state index contributed by atoms with van der Waals surface area (Å²) in [6, 6.07) is 7.58. The number of hydrogen-bond acceptors (Lipinski definition) is 3. The molecule has 18 heavy (non-hydrogen) atoms. The van der Waals surface area contributed by atoms with Crippen LogP contribution in [0.4, 0.5) is 5.69 Å². The molecule has 0 saturated carbocycles. The Balaban J connectivity index is 2.39. The van der Waals surface area contributed by atoms with Crippen LogP contribution in [-0.4, -0.2) is 22.7 Å². The fourth-order valence-electron chi connectivity index (χ4n) is 1.87. The van der Waals surface area contributed by atoms with E-state index in [1.165, 1.54) is 0 Å². The molecule has 0 aliphatic rings. The SMILES string of the molecule is CC(C)C(CO)Nc1ccnc2cc(Cl)ccc12. The molecule has 96 valence electrons. The van der Waals surface area contributed by atoms with Crippen molar-refractivity contribution in [1.29, 1.82) is 0 Å². The highest BCUT2D eigenvalue weighted by molar-refractivity contribution is 6.31. The lowest BCUT2D eigenvalue weighted by molar-refractivity contribution is 0.249. The largest absolute Gasteiger partial charge is 0.394 e. The monoisotopic (exact) mass is 264 g/mol. The van der Waals surface area contributed by atoms with Crippen molar-refractivity contribution in [2.45, 2.75) is 19.9 Å².